The largest absolute Gasteiger partial charge is 0.481 e. The van der Waals surface area contributed by atoms with Gasteiger partial charge >= 0.3 is 5.97 Å². The first kappa shape index (κ1) is 18.1. The molecule has 5 heteroatoms. The molecule has 0 bridgehead atoms. The summed E-state index contributed by atoms with van der Waals surface area (Å²) >= 11 is 0. The lowest BCUT2D eigenvalue weighted by Gasteiger charge is -2.18. The zero-order valence-corrected chi connectivity index (χ0v) is 14.6. The van der Waals surface area contributed by atoms with E-state index >= 15 is 0 Å². The summed E-state index contributed by atoms with van der Waals surface area (Å²) in [7, 11) is 0. The molecule has 4 nitrogen and oxygen atoms in total. The normalized spacial score (nSPS) is 20.5. The average molecular weight is 355 g/mol. The summed E-state index contributed by atoms with van der Waals surface area (Å²) in [5.41, 5.74) is 1.90. The van der Waals surface area contributed by atoms with E-state index in [1.54, 1.807) is 19.1 Å². The highest BCUT2D eigenvalue weighted by Crippen LogP contribution is 2.28. The summed E-state index contributed by atoms with van der Waals surface area (Å²) in [5.74, 6) is -2.27. The molecule has 3 rings (SSSR count). The van der Waals surface area contributed by atoms with Gasteiger partial charge in [0.15, 0.2) is 0 Å². The van der Waals surface area contributed by atoms with E-state index in [0.717, 1.165) is 5.56 Å². The first-order valence-electron chi connectivity index (χ1n) is 8.83. The Morgan fingerprint density at radius 2 is 1.88 bits per heavy atom. The first-order chi connectivity index (χ1) is 12.5. The first-order valence-corrected chi connectivity index (χ1v) is 8.83. The third kappa shape index (κ3) is 3.93. The Morgan fingerprint density at radius 1 is 1.15 bits per heavy atom. The zero-order valence-electron chi connectivity index (χ0n) is 14.6. The number of amides is 1. The van der Waals surface area contributed by atoms with Gasteiger partial charge in [0.2, 0.25) is 5.91 Å². The van der Waals surface area contributed by atoms with Gasteiger partial charge < -0.3 is 10.4 Å². The number of halogens is 1. The fourth-order valence-electron chi connectivity index (χ4n) is 3.47. The fourth-order valence-corrected chi connectivity index (χ4v) is 3.47. The summed E-state index contributed by atoms with van der Waals surface area (Å²) in [6.45, 7) is 1.73. The lowest BCUT2D eigenvalue weighted by molar-refractivity contribution is -0.141. The third-order valence-corrected chi connectivity index (χ3v) is 5.10. The maximum absolute atomic E-state index is 14.5. The van der Waals surface area contributed by atoms with E-state index in [-0.39, 0.29) is 17.8 Å². The van der Waals surface area contributed by atoms with Crippen LogP contribution < -0.4 is 5.32 Å². The average Bonchev–Trinajstić information content (AvgIpc) is 3.10. The molecule has 26 heavy (non-hydrogen) atoms. The molecule has 0 aliphatic heterocycles. The summed E-state index contributed by atoms with van der Waals surface area (Å²) in [5, 5.41) is 12.0. The van der Waals surface area contributed by atoms with Crippen molar-refractivity contribution in [3.05, 3.63) is 59.9 Å². The topological polar surface area (TPSA) is 66.4 Å². The van der Waals surface area contributed by atoms with Gasteiger partial charge in [-0.2, -0.15) is 0 Å². The van der Waals surface area contributed by atoms with E-state index in [2.05, 4.69) is 5.32 Å². The Morgan fingerprint density at radius 3 is 2.50 bits per heavy atom. The highest BCUT2D eigenvalue weighted by Gasteiger charge is 2.31. The van der Waals surface area contributed by atoms with Crippen LogP contribution in [0.3, 0.4) is 0 Å². The molecule has 1 saturated carbocycles. The molecule has 0 unspecified atom stereocenters. The van der Waals surface area contributed by atoms with Crippen molar-refractivity contribution >= 4 is 11.9 Å². The molecule has 0 saturated heterocycles. The van der Waals surface area contributed by atoms with Gasteiger partial charge in [-0.1, -0.05) is 42.5 Å². The highest BCUT2D eigenvalue weighted by atomic mass is 19.1. The molecule has 3 atom stereocenters. The molecule has 0 radical (unpaired) electrons. The Hall–Kier alpha value is -2.69. The lowest BCUT2D eigenvalue weighted by Crippen LogP contribution is -2.36. The van der Waals surface area contributed by atoms with Crippen molar-refractivity contribution in [1.82, 2.24) is 5.32 Å². The van der Waals surface area contributed by atoms with Crippen molar-refractivity contribution in [3.8, 4) is 11.1 Å². The van der Waals surface area contributed by atoms with E-state index < -0.39 is 17.8 Å². The van der Waals surface area contributed by atoms with Gasteiger partial charge in [0, 0.05) is 11.6 Å². The third-order valence-electron chi connectivity index (χ3n) is 5.10. The van der Waals surface area contributed by atoms with Gasteiger partial charge in [0.05, 0.1) is 11.8 Å². The zero-order chi connectivity index (χ0) is 18.7. The van der Waals surface area contributed by atoms with E-state index in [0.29, 0.717) is 30.4 Å². The van der Waals surface area contributed by atoms with Gasteiger partial charge in [-0.15, -0.1) is 0 Å². The quantitative estimate of drug-likeness (QED) is 0.853. The van der Waals surface area contributed by atoms with Crippen LogP contribution in [0, 0.1) is 11.7 Å². The molecular formula is C21H22FNO3. The van der Waals surface area contributed by atoms with Crippen LogP contribution >= 0.6 is 0 Å². The number of carbonyl (C=O) groups is 2. The summed E-state index contributed by atoms with van der Waals surface area (Å²) in [6.07, 6.45) is 1.70. The number of carboxylic acids is 1. The smallest absolute Gasteiger partial charge is 0.306 e. The molecule has 136 valence electrons. The predicted octanol–water partition coefficient (Wildman–Crippen LogP) is 3.97. The number of carboxylic acid groups (broad SMARTS) is 1. The van der Waals surface area contributed by atoms with Gasteiger partial charge in [0.1, 0.15) is 5.82 Å². The summed E-state index contributed by atoms with van der Waals surface area (Å²) in [6, 6.07) is 14.0. The van der Waals surface area contributed by atoms with Crippen molar-refractivity contribution < 1.29 is 19.1 Å². The molecule has 2 N–H and O–H groups in total. The number of hydrogen-bond donors (Lipinski definition) is 2. The standard InChI is InChI=1S/C21H22FNO3/c1-13(20(24)23-17-9-7-16(11-17)21(25)26)15-8-10-18(19(22)12-15)14-5-3-2-4-6-14/h2-6,8,10,12-13,16-17H,7,9,11H2,1H3,(H,23,24)(H,25,26)/t13-,16+,17-/m1/s1. The monoisotopic (exact) mass is 355 g/mol. The Labute approximate surface area is 152 Å². The fraction of sp³-hybridized carbons (Fsp3) is 0.333. The van der Waals surface area contributed by atoms with E-state index in [4.69, 9.17) is 5.11 Å². The second-order valence-corrected chi connectivity index (χ2v) is 6.88. The molecule has 0 heterocycles. The van der Waals surface area contributed by atoms with Crippen LogP contribution in [0.5, 0.6) is 0 Å². The van der Waals surface area contributed by atoms with Crippen molar-refractivity contribution in [2.45, 2.75) is 38.1 Å². The van der Waals surface area contributed by atoms with Gasteiger partial charge in [-0.05, 0) is 43.4 Å². The molecular weight excluding hydrogens is 333 g/mol. The highest BCUT2D eigenvalue weighted by molar-refractivity contribution is 5.84. The SMILES string of the molecule is C[C@@H](C(=O)N[C@@H]1CC[C@H](C(=O)O)C1)c1ccc(-c2ccccc2)c(F)c1. The molecule has 1 aliphatic carbocycles. The van der Waals surface area contributed by atoms with Crippen LogP contribution in [0.2, 0.25) is 0 Å². The molecule has 1 amide bonds. The number of nitrogens with one attached hydrogen (secondary N) is 1. The molecule has 1 fully saturated rings. The summed E-state index contributed by atoms with van der Waals surface area (Å²) < 4.78 is 14.5. The molecule has 2 aromatic rings. The van der Waals surface area contributed by atoms with Crippen LogP contribution in [0.15, 0.2) is 48.5 Å². The minimum absolute atomic E-state index is 0.125. The molecule has 0 spiro atoms. The van der Waals surface area contributed by atoms with E-state index in [1.165, 1.54) is 6.07 Å². The lowest BCUT2D eigenvalue weighted by atomic mass is 9.96. The number of benzene rings is 2. The van der Waals surface area contributed by atoms with E-state index in [9.17, 15) is 14.0 Å². The van der Waals surface area contributed by atoms with Crippen molar-refractivity contribution in [2.75, 3.05) is 0 Å². The van der Waals surface area contributed by atoms with Gasteiger partial charge in [-0.3, -0.25) is 9.59 Å². The molecule has 1 aliphatic rings. The van der Waals surface area contributed by atoms with Gasteiger partial charge in [0.25, 0.3) is 0 Å². The Bertz CT molecular complexity index is 806. The number of aliphatic carboxylic acids is 1. The number of hydrogen-bond acceptors (Lipinski definition) is 2. The maximum atomic E-state index is 14.5. The Balaban J connectivity index is 1.68. The second-order valence-electron chi connectivity index (χ2n) is 6.88. The molecule has 0 aromatic heterocycles. The van der Waals surface area contributed by atoms with Crippen LogP contribution in [0.25, 0.3) is 11.1 Å². The maximum Gasteiger partial charge on any atom is 0.306 e. The van der Waals surface area contributed by atoms with Crippen molar-refractivity contribution in [1.29, 1.82) is 0 Å². The van der Waals surface area contributed by atoms with Gasteiger partial charge in [-0.25, -0.2) is 4.39 Å². The van der Waals surface area contributed by atoms with E-state index in [1.807, 2.05) is 30.3 Å². The minimum Gasteiger partial charge on any atom is -0.481 e. The van der Waals surface area contributed by atoms with Crippen LogP contribution in [-0.4, -0.2) is 23.0 Å². The van der Waals surface area contributed by atoms with Crippen molar-refractivity contribution in [2.24, 2.45) is 5.92 Å². The van der Waals surface area contributed by atoms with Crippen molar-refractivity contribution in [3.63, 3.8) is 0 Å². The number of rotatable bonds is 5. The number of carbonyl (C=O) groups excluding carboxylic acids is 1. The Kier molecular flexibility index (Phi) is 5.35. The van der Waals surface area contributed by atoms with Crippen LogP contribution in [0.1, 0.15) is 37.7 Å². The predicted molar refractivity (Wildman–Crippen MR) is 97.2 cm³/mol. The summed E-state index contributed by atoms with van der Waals surface area (Å²) in [4.78, 5) is 23.5. The second kappa shape index (κ2) is 7.68. The van der Waals surface area contributed by atoms with Crippen LogP contribution in [0.4, 0.5) is 4.39 Å². The minimum atomic E-state index is -0.812. The molecule has 2 aromatic carbocycles. The van der Waals surface area contributed by atoms with Crippen LogP contribution in [-0.2, 0) is 9.59 Å².